The highest BCUT2D eigenvalue weighted by atomic mass is 32.1. The minimum absolute atomic E-state index is 0.628. The number of fused-ring (bicyclic) bond motifs is 7. The Morgan fingerprint density at radius 2 is 0.915 bits per heavy atom. The van der Waals surface area contributed by atoms with E-state index in [1.165, 1.54) is 30.4 Å². The van der Waals surface area contributed by atoms with Crippen LogP contribution in [0.2, 0.25) is 0 Å². The van der Waals surface area contributed by atoms with Crippen molar-refractivity contribution in [2.75, 3.05) is 0 Å². The van der Waals surface area contributed by atoms with Gasteiger partial charge in [-0.15, -0.1) is 22.7 Å². The van der Waals surface area contributed by atoms with E-state index in [2.05, 4.69) is 174 Å². The van der Waals surface area contributed by atoms with Crippen molar-refractivity contribution in [3.63, 3.8) is 0 Å². The molecule has 59 heavy (non-hydrogen) atoms. The van der Waals surface area contributed by atoms with Crippen LogP contribution in [0.5, 0.6) is 0 Å². The van der Waals surface area contributed by atoms with Crippen molar-refractivity contribution in [1.29, 1.82) is 0 Å². The molecule has 0 aliphatic rings. The van der Waals surface area contributed by atoms with Gasteiger partial charge < -0.3 is 0 Å². The summed E-state index contributed by atoms with van der Waals surface area (Å²) in [6, 6.07) is 66.0. The average molecular weight is 790 g/mol. The van der Waals surface area contributed by atoms with E-state index in [0.29, 0.717) is 17.5 Å². The summed E-state index contributed by atoms with van der Waals surface area (Å²) >= 11 is 3.63. The molecule has 0 amide bonds. The van der Waals surface area contributed by atoms with Gasteiger partial charge in [0.2, 0.25) is 0 Å². The SMILES string of the molecule is c1ccc(-c2nc(-c3ccc(-c4cccc5c4sc4ccccc45)cc3)nc(-c3cccc4sc5cccc(-c6nc7ccccc7n6-c6ccccc6)c5c34)n2)cc1. The van der Waals surface area contributed by atoms with Crippen molar-refractivity contribution in [2.45, 2.75) is 0 Å². The highest BCUT2D eigenvalue weighted by molar-refractivity contribution is 7.26. The zero-order chi connectivity index (χ0) is 38.9. The van der Waals surface area contributed by atoms with E-state index in [9.17, 15) is 0 Å². The van der Waals surface area contributed by atoms with Crippen LogP contribution in [0, 0.1) is 0 Å². The van der Waals surface area contributed by atoms with Gasteiger partial charge in [0.15, 0.2) is 17.5 Å². The van der Waals surface area contributed by atoms with Gasteiger partial charge in [-0.2, -0.15) is 0 Å². The van der Waals surface area contributed by atoms with Crippen molar-refractivity contribution in [2.24, 2.45) is 0 Å². The van der Waals surface area contributed by atoms with Crippen LogP contribution in [0.25, 0.3) is 114 Å². The lowest BCUT2D eigenvalue weighted by Gasteiger charge is -2.12. The Hall–Kier alpha value is -7.32. The first-order chi connectivity index (χ1) is 29.2. The molecule has 0 unspecified atom stereocenters. The van der Waals surface area contributed by atoms with Gasteiger partial charge >= 0.3 is 0 Å². The Kier molecular flexibility index (Phi) is 7.82. The van der Waals surface area contributed by atoms with Gasteiger partial charge in [0.25, 0.3) is 0 Å². The van der Waals surface area contributed by atoms with E-state index in [0.717, 1.165) is 65.8 Å². The fraction of sp³-hybridized carbons (Fsp3) is 0. The molecule has 0 fully saturated rings. The fourth-order valence-corrected chi connectivity index (χ4v) is 10.8. The first kappa shape index (κ1) is 33.8. The molecule has 12 rings (SSSR count). The van der Waals surface area contributed by atoms with Crippen molar-refractivity contribution in [3.8, 4) is 62.4 Å². The maximum Gasteiger partial charge on any atom is 0.164 e. The van der Waals surface area contributed by atoms with Gasteiger partial charge in [0.05, 0.1) is 11.0 Å². The molecule has 0 radical (unpaired) electrons. The van der Waals surface area contributed by atoms with E-state index < -0.39 is 0 Å². The lowest BCUT2D eigenvalue weighted by atomic mass is 10.0. The van der Waals surface area contributed by atoms with Gasteiger partial charge in [0.1, 0.15) is 5.82 Å². The zero-order valence-corrected chi connectivity index (χ0v) is 33.1. The number of hydrogen-bond acceptors (Lipinski definition) is 6. The number of benzene rings is 8. The zero-order valence-electron chi connectivity index (χ0n) is 31.5. The normalized spacial score (nSPS) is 11.7. The second-order valence-corrected chi connectivity index (χ2v) is 16.7. The summed E-state index contributed by atoms with van der Waals surface area (Å²) in [6.07, 6.45) is 0. The van der Waals surface area contributed by atoms with Crippen LogP contribution in [0.15, 0.2) is 188 Å². The maximum atomic E-state index is 5.29. The topological polar surface area (TPSA) is 56.5 Å². The fourth-order valence-electron chi connectivity index (χ4n) is 8.40. The summed E-state index contributed by atoms with van der Waals surface area (Å²) in [5.74, 6) is 2.78. The van der Waals surface area contributed by atoms with Crippen LogP contribution in [0.1, 0.15) is 0 Å². The average Bonchev–Trinajstić information content (AvgIpc) is 4.01. The smallest absolute Gasteiger partial charge is 0.164 e. The third-order valence-electron chi connectivity index (χ3n) is 11.1. The standard InChI is InChI=1S/C52H31N5S2/c1-3-14-33(15-4-1)49-54-50(34-30-28-32(29-31-34)36-19-11-20-38-37-18-7-10-25-43(37)59-48(36)38)56-51(55-49)39-21-12-26-44-46(39)47-40(22-13-27-45(47)58-44)52-53-41-23-8-9-24-42(41)57(52)35-16-5-2-6-17-35/h1-31H. The van der Waals surface area contributed by atoms with E-state index in [1.807, 2.05) is 29.5 Å². The van der Waals surface area contributed by atoms with Crippen LogP contribution in [0.3, 0.4) is 0 Å². The van der Waals surface area contributed by atoms with Gasteiger partial charge in [-0.3, -0.25) is 4.57 Å². The Morgan fingerprint density at radius 3 is 1.71 bits per heavy atom. The molecule has 0 bridgehead atoms. The first-order valence-corrected chi connectivity index (χ1v) is 21.2. The summed E-state index contributed by atoms with van der Waals surface area (Å²) in [4.78, 5) is 20.9. The molecule has 0 saturated heterocycles. The Labute approximate surface area is 347 Å². The number of nitrogens with zero attached hydrogens (tertiary/aromatic N) is 5. The number of aromatic nitrogens is 5. The van der Waals surface area contributed by atoms with Crippen molar-refractivity contribution in [3.05, 3.63) is 188 Å². The molecule has 7 heteroatoms. The summed E-state index contributed by atoms with van der Waals surface area (Å²) in [5, 5.41) is 4.83. The lowest BCUT2D eigenvalue weighted by molar-refractivity contribution is 1.08. The molecular formula is C52H31N5S2. The molecule has 4 heterocycles. The predicted octanol–water partition coefficient (Wildman–Crippen LogP) is 14.3. The molecule has 12 aromatic rings. The Morgan fingerprint density at radius 1 is 0.356 bits per heavy atom. The van der Waals surface area contributed by atoms with Crippen LogP contribution >= 0.6 is 22.7 Å². The summed E-state index contributed by atoms with van der Waals surface area (Å²) in [7, 11) is 0. The summed E-state index contributed by atoms with van der Waals surface area (Å²) in [5.41, 5.74) is 9.34. The predicted molar refractivity (Wildman–Crippen MR) is 247 cm³/mol. The van der Waals surface area contributed by atoms with Crippen molar-refractivity contribution >= 4 is 74.1 Å². The quantitative estimate of drug-likeness (QED) is 0.168. The van der Waals surface area contributed by atoms with E-state index >= 15 is 0 Å². The molecule has 0 N–H and O–H groups in total. The minimum Gasteiger partial charge on any atom is -0.292 e. The second kappa shape index (κ2) is 13.7. The van der Waals surface area contributed by atoms with Crippen molar-refractivity contribution in [1.82, 2.24) is 24.5 Å². The molecule has 0 aliphatic heterocycles. The molecule has 5 nitrogen and oxygen atoms in total. The number of hydrogen-bond donors (Lipinski definition) is 0. The van der Waals surface area contributed by atoms with Gasteiger partial charge in [-0.25, -0.2) is 19.9 Å². The second-order valence-electron chi connectivity index (χ2n) is 14.6. The number of thiophene rings is 2. The van der Waals surface area contributed by atoms with E-state index in [1.54, 1.807) is 11.3 Å². The maximum absolute atomic E-state index is 5.29. The molecule has 0 atom stereocenters. The molecule has 4 aromatic heterocycles. The molecule has 0 aliphatic carbocycles. The van der Waals surface area contributed by atoms with Crippen LogP contribution in [-0.4, -0.2) is 24.5 Å². The van der Waals surface area contributed by atoms with Crippen LogP contribution in [-0.2, 0) is 0 Å². The third-order valence-corrected chi connectivity index (χ3v) is 13.4. The van der Waals surface area contributed by atoms with E-state index in [4.69, 9.17) is 19.9 Å². The molecule has 8 aromatic carbocycles. The monoisotopic (exact) mass is 789 g/mol. The van der Waals surface area contributed by atoms with Crippen LogP contribution < -0.4 is 0 Å². The number of imidazole rings is 1. The van der Waals surface area contributed by atoms with Gasteiger partial charge in [-0.1, -0.05) is 146 Å². The van der Waals surface area contributed by atoms with Gasteiger partial charge in [0, 0.05) is 68.3 Å². The number of para-hydroxylation sites is 3. The Balaban J connectivity index is 1.05. The molecule has 0 spiro atoms. The van der Waals surface area contributed by atoms with E-state index in [-0.39, 0.29) is 0 Å². The lowest BCUT2D eigenvalue weighted by Crippen LogP contribution is -2.00. The summed E-state index contributed by atoms with van der Waals surface area (Å²) < 4.78 is 7.21. The largest absolute Gasteiger partial charge is 0.292 e. The minimum atomic E-state index is 0.628. The Bertz CT molecular complexity index is 3550. The molecule has 276 valence electrons. The van der Waals surface area contributed by atoms with Crippen molar-refractivity contribution < 1.29 is 0 Å². The van der Waals surface area contributed by atoms with Crippen LogP contribution in [0.4, 0.5) is 0 Å². The third kappa shape index (κ3) is 5.58. The van der Waals surface area contributed by atoms with Gasteiger partial charge in [-0.05, 0) is 53.6 Å². The highest BCUT2D eigenvalue weighted by Gasteiger charge is 2.22. The number of rotatable bonds is 6. The first-order valence-electron chi connectivity index (χ1n) is 19.6. The molecule has 0 saturated carbocycles. The highest BCUT2D eigenvalue weighted by Crippen LogP contribution is 2.45. The molecular weight excluding hydrogens is 759 g/mol. The summed E-state index contributed by atoms with van der Waals surface area (Å²) in [6.45, 7) is 0.